The number of amides is 1. The van der Waals surface area contributed by atoms with E-state index in [9.17, 15) is 9.59 Å². The molecule has 0 aromatic heterocycles. The van der Waals surface area contributed by atoms with Gasteiger partial charge >= 0.3 is 5.97 Å². The first kappa shape index (κ1) is 16.4. The van der Waals surface area contributed by atoms with E-state index in [4.69, 9.17) is 10.00 Å². The molecule has 1 aliphatic heterocycles. The third-order valence-corrected chi connectivity index (χ3v) is 3.70. The molecule has 0 N–H and O–H groups in total. The highest BCUT2D eigenvalue weighted by atomic mass is 16.5. The summed E-state index contributed by atoms with van der Waals surface area (Å²) in [6, 6.07) is 2.12. The van der Waals surface area contributed by atoms with E-state index in [0.29, 0.717) is 25.9 Å². The van der Waals surface area contributed by atoms with Crippen LogP contribution in [0.15, 0.2) is 0 Å². The van der Waals surface area contributed by atoms with Crippen LogP contribution in [-0.2, 0) is 14.3 Å². The van der Waals surface area contributed by atoms with E-state index in [1.54, 1.807) is 11.9 Å². The molecule has 1 amide bonds. The highest BCUT2D eigenvalue weighted by molar-refractivity contribution is 5.78. The van der Waals surface area contributed by atoms with Crippen LogP contribution >= 0.6 is 0 Å². The lowest BCUT2D eigenvalue weighted by molar-refractivity contribution is -0.143. The summed E-state index contributed by atoms with van der Waals surface area (Å²) in [6.07, 6.45) is 3.73. The molecular weight excluding hydrogens is 258 g/mol. The number of hydrogen-bond donors (Lipinski definition) is 0. The van der Waals surface area contributed by atoms with Crippen LogP contribution in [0, 0.1) is 11.3 Å². The standard InChI is InChI=1S/C14H23N3O3/c1-16(8-5-7-15)13(18)11-17-9-4-3-6-12(17)10-14(19)20-2/h12H,3-6,8-11H2,1-2H3. The average molecular weight is 281 g/mol. The first-order valence-corrected chi connectivity index (χ1v) is 7.00. The summed E-state index contributed by atoms with van der Waals surface area (Å²) in [4.78, 5) is 27.1. The van der Waals surface area contributed by atoms with Crippen molar-refractivity contribution in [2.24, 2.45) is 0 Å². The van der Waals surface area contributed by atoms with Gasteiger partial charge in [-0.1, -0.05) is 6.42 Å². The van der Waals surface area contributed by atoms with Gasteiger partial charge in [-0.15, -0.1) is 0 Å². The fourth-order valence-corrected chi connectivity index (χ4v) is 2.41. The molecule has 1 heterocycles. The van der Waals surface area contributed by atoms with Gasteiger partial charge in [-0.05, 0) is 19.4 Å². The number of nitriles is 1. The van der Waals surface area contributed by atoms with Crippen LogP contribution in [-0.4, -0.2) is 61.5 Å². The van der Waals surface area contributed by atoms with Crippen molar-refractivity contribution in [1.82, 2.24) is 9.80 Å². The quantitative estimate of drug-likeness (QED) is 0.673. The normalized spacial score (nSPS) is 19.1. The molecule has 1 aliphatic rings. The Morgan fingerprint density at radius 2 is 2.20 bits per heavy atom. The number of carbonyl (C=O) groups excluding carboxylic acids is 2. The van der Waals surface area contributed by atoms with E-state index in [2.05, 4.69) is 4.90 Å². The zero-order valence-electron chi connectivity index (χ0n) is 12.3. The van der Waals surface area contributed by atoms with Crippen LogP contribution in [0.1, 0.15) is 32.1 Å². The Morgan fingerprint density at radius 1 is 1.45 bits per heavy atom. The number of methoxy groups -OCH3 is 1. The van der Waals surface area contributed by atoms with E-state index < -0.39 is 0 Å². The summed E-state index contributed by atoms with van der Waals surface area (Å²) in [5.74, 6) is -0.232. The Hall–Kier alpha value is -1.61. The number of esters is 1. The molecule has 0 aromatic carbocycles. The fourth-order valence-electron chi connectivity index (χ4n) is 2.41. The van der Waals surface area contributed by atoms with Crippen LogP contribution in [0.4, 0.5) is 0 Å². The van der Waals surface area contributed by atoms with Gasteiger partial charge in [-0.25, -0.2) is 0 Å². The van der Waals surface area contributed by atoms with E-state index in [1.165, 1.54) is 7.11 Å². The van der Waals surface area contributed by atoms with Crippen molar-refractivity contribution in [1.29, 1.82) is 5.26 Å². The Bertz CT molecular complexity index is 378. The van der Waals surface area contributed by atoms with Gasteiger partial charge in [0.25, 0.3) is 0 Å². The van der Waals surface area contributed by atoms with Crippen molar-refractivity contribution in [3.63, 3.8) is 0 Å². The zero-order chi connectivity index (χ0) is 15.0. The molecule has 20 heavy (non-hydrogen) atoms. The first-order chi connectivity index (χ1) is 9.58. The number of hydrogen-bond acceptors (Lipinski definition) is 5. The molecule has 0 spiro atoms. The van der Waals surface area contributed by atoms with Crippen molar-refractivity contribution in [2.45, 2.75) is 38.1 Å². The largest absolute Gasteiger partial charge is 0.469 e. The van der Waals surface area contributed by atoms with Gasteiger partial charge < -0.3 is 9.64 Å². The number of likely N-dealkylation sites (N-methyl/N-ethyl adjacent to an activating group) is 1. The lowest BCUT2D eigenvalue weighted by Gasteiger charge is -2.35. The van der Waals surface area contributed by atoms with Gasteiger partial charge in [0, 0.05) is 19.6 Å². The second kappa shape index (κ2) is 8.54. The lowest BCUT2D eigenvalue weighted by Crippen LogP contribution is -2.46. The zero-order valence-corrected chi connectivity index (χ0v) is 12.3. The molecular formula is C14H23N3O3. The van der Waals surface area contributed by atoms with Crippen LogP contribution in [0.2, 0.25) is 0 Å². The predicted octanol–water partition coefficient (Wildman–Crippen LogP) is 0.776. The molecule has 6 heteroatoms. The molecule has 112 valence electrons. The number of carbonyl (C=O) groups is 2. The molecule has 1 fully saturated rings. The summed E-state index contributed by atoms with van der Waals surface area (Å²) in [7, 11) is 3.09. The number of rotatable bonds is 6. The minimum absolute atomic E-state index is 0.00276. The van der Waals surface area contributed by atoms with Crippen LogP contribution < -0.4 is 0 Å². The monoisotopic (exact) mass is 281 g/mol. The Balaban J connectivity index is 2.51. The van der Waals surface area contributed by atoms with Crippen molar-refractivity contribution >= 4 is 11.9 Å². The Morgan fingerprint density at radius 3 is 2.85 bits per heavy atom. The van der Waals surface area contributed by atoms with Crippen molar-refractivity contribution in [2.75, 3.05) is 33.8 Å². The number of ether oxygens (including phenoxy) is 1. The van der Waals surface area contributed by atoms with Gasteiger partial charge in [0.05, 0.1) is 32.6 Å². The molecule has 1 saturated heterocycles. The molecule has 6 nitrogen and oxygen atoms in total. The highest BCUT2D eigenvalue weighted by Crippen LogP contribution is 2.20. The predicted molar refractivity (Wildman–Crippen MR) is 73.7 cm³/mol. The van der Waals surface area contributed by atoms with Crippen LogP contribution in [0.3, 0.4) is 0 Å². The molecule has 1 rings (SSSR count). The molecule has 0 aliphatic carbocycles. The highest BCUT2D eigenvalue weighted by Gasteiger charge is 2.27. The molecule has 1 unspecified atom stereocenters. The number of nitrogens with zero attached hydrogens (tertiary/aromatic N) is 3. The minimum Gasteiger partial charge on any atom is -0.469 e. The van der Waals surface area contributed by atoms with Gasteiger partial charge in [-0.2, -0.15) is 5.26 Å². The van der Waals surface area contributed by atoms with Crippen LogP contribution in [0.25, 0.3) is 0 Å². The third-order valence-electron chi connectivity index (χ3n) is 3.70. The Labute approximate surface area is 120 Å². The molecule has 0 saturated carbocycles. The molecule has 0 bridgehead atoms. The number of piperidine rings is 1. The summed E-state index contributed by atoms with van der Waals surface area (Å²) >= 11 is 0. The van der Waals surface area contributed by atoms with E-state index >= 15 is 0 Å². The summed E-state index contributed by atoms with van der Waals surface area (Å²) < 4.78 is 4.71. The average Bonchev–Trinajstić information content (AvgIpc) is 2.46. The Kier molecular flexibility index (Phi) is 7.02. The van der Waals surface area contributed by atoms with E-state index in [-0.39, 0.29) is 17.9 Å². The maximum absolute atomic E-state index is 12.1. The van der Waals surface area contributed by atoms with Gasteiger partial charge in [-0.3, -0.25) is 14.5 Å². The van der Waals surface area contributed by atoms with E-state index in [0.717, 1.165) is 25.8 Å². The molecule has 0 radical (unpaired) electrons. The maximum Gasteiger partial charge on any atom is 0.307 e. The second-order valence-corrected chi connectivity index (χ2v) is 5.12. The minimum atomic E-state index is -0.229. The number of likely N-dealkylation sites (tertiary alicyclic amines) is 1. The summed E-state index contributed by atoms with van der Waals surface area (Å²) in [6.45, 7) is 1.59. The van der Waals surface area contributed by atoms with Crippen LogP contribution in [0.5, 0.6) is 0 Å². The van der Waals surface area contributed by atoms with Gasteiger partial charge in [0.2, 0.25) is 5.91 Å². The lowest BCUT2D eigenvalue weighted by atomic mass is 9.99. The van der Waals surface area contributed by atoms with E-state index in [1.807, 2.05) is 6.07 Å². The molecule has 0 aromatic rings. The van der Waals surface area contributed by atoms with Crippen molar-refractivity contribution < 1.29 is 14.3 Å². The smallest absolute Gasteiger partial charge is 0.307 e. The van der Waals surface area contributed by atoms with Gasteiger partial charge in [0.1, 0.15) is 0 Å². The topological polar surface area (TPSA) is 73.6 Å². The third kappa shape index (κ3) is 5.17. The van der Waals surface area contributed by atoms with Crippen molar-refractivity contribution in [3.8, 4) is 6.07 Å². The molecule has 1 atom stereocenters. The maximum atomic E-state index is 12.1. The summed E-state index contributed by atoms with van der Waals surface area (Å²) in [5, 5.41) is 8.54. The first-order valence-electron chi connectivity index (χ1n) is 7.00. The fraction of sp³-hybridized carbons (Fsp3) is 0.786. The second-order valence-electron chi connectivity index (χ2n) is 5.12. The summed E-state index contributed by atoms with van der Waals surface area (Å²) in [5.41, 5.74) is 0. The van der Waals surface area contributed by atoms with Crippen molar-refractivity contribution in [3.05, 3.63) is 0 Å². The van der Waals surface area contributed by atoms with Gasteiger partial charge in [0.15, 0.2) is 0 Å². The SMILES string of the molecule is COC(=O)CC1CCCCN1CC(=O)N(C)CCC#N.